The minimum absolute atomic E-state index is 0.00907. The molecule has 1 aliphatic heterocycles. The van der Waals surface area contributed by atoms with E-state index in [1.807, 2.05) is 19.1 Å². The summed E-state index contributed by atoms with van der Waals surface area (Å²) < 4.78 is 19.2. The lowest BCUT2D eigenvalue weighted by molar-refractivity contribution is -0.132. The number of anilines is 1. The number of benzene rings is 3. The molecule has 0 aliphatic carbocycles. The molecule has 0 radical (unpaired) electrons. The third kappa shape index (κ3) is 3.93. The van der Waals surface area contributed by atoms with Gasteiger partial charge in [-0.1, -0.05) is 31.2 Å². The van der Waals surface area contributed by atoms with Crippen molar-refractivity contribution >= 4 is 23.1 Å². The molecular weight excluding hydrogens is 425 g/mol. The molecule has 0 bridgehead atoms. The lowest BCUT2D eigenvalue weighted by Crippen LogP contribution is -2.29. The average molecular weight is 447 g/mol. The van der Waals surface area contributed by atoms with Crippen LogP contribution in [0.2, 0.25) is 0 Å². The van der Waals surface area contributed by atoms with Gasteiger partial charge in [0.2, 0.25) is 0 Å². The first kappa shape index (κ1) is 22.1. The molecular formula is C26H22FNO5. The Morgan fingerprint density at radius 2 is 1.70 bits per heavy atom. The molecule has 7 heteroatoms. The fraction of sp³-hybridized carbons (Fsp3) is 0.154. The van der Waals surface area contributed by atoms with Crippen LogP contribution >= 0.6 is 0 Å². The van der Waals surface area contributed by atoms with Gasteiger partial charge in [0.15, 0.2) is 0 Å². The summed E-state index contributed by atoms with van der Waals surface area (Å²) in [5, 5.41) is 20.9. The number of carbonyl (C=O) groups excluding carboxylic acids is 2. The van der Waals surface area contributed by atoms with Crippen molar-refractivity contribution in [2.75, 3.05) is 12.0 Å². The molecule has 1 amide bonds. The Labute approximate surface area is 190 Å². The third-order valence-electron chi connectivity index (χ3n) is 5.69. The maximum Gasteiger partial charge on any atom is 0.300 e. The summed E-state index contributed by atoms with van der Waals surface area (Å²) in [6.45, 7) is 2.00. The molecule has 1 saturated heterocycles. The van der Waals surface area contributed by atoms with Gasteiger partial charge in [0.1, 0.15) is 23.1 Å². The quantitative estimate of drug-likeness (QED) is 0.336. The molecule has 1 heterocycles. The maximum atomic E-state index is 14.0. The Morgan fingerprint density at radius 3 is 2.30 bits per heavy atom. The molecule has 6 nitrogen and oxygen atoms in total. The Morgan fingerprint density at radius 1 is 1.03 bits per heavy atom. The smallest absolute Gasteiger partial charge is 0.300 e. The molecule has 1 aliphatic rings. The van der Waals surface area contributed by atoms with Crippen molar-refractivity contribution in [2.45, 2.75) is 19.4 Å². The highest BCUT2D eigenvalue weighted by atomic mass is 19.1. The maximum absolute atomic E-state index is 14.0. The molecule has 1 fully saturated rings. The van der Waals surface area contributed by atoms with Gasteiger partial charge in [0.05, 0.1) is 24.3 Å². The minimum Gasteiger partial charge on any atom is -0.508 e. The molecule has 3 aromatic rings. The lowest BCUT2D eigenvalue weighted by atomic mass is 9.94. The number of phenols is 1. The molecule has 0 aromatic heterocycles. The van der Waals surface area contributed by atoms with E-state index < -0.39 is 29.3 Å². The highest BCUT2D eigenvalue weighted by Crippen LogP contribution is 2.43. The van der Waals surface area contributed by atoms with Crippen molar-refractivity contribution < 1.29 is 28.9 Å². The number of hydrogen-bond donors (Lipinski definition) is 2. The second kappa shape index (κ2) is 8.78. The second-order valence-electron chi connectivity index (χ2n) is 7.63. The number of aryl methyl sites for hydroxylation is 1. The van der Waals surface area contributed by atoms with Crippen LogP contribution in [0.5, 0.6) is 11.5 Å². The molecule has 0 saturated carbocycles. The summed E-state index contributed by atoms with van der Waals surface area (Å²) in [6.07, 6.45) is 0.805. The van der Waals surface area contributed by atoms with Gasteiger partial charge in [0.25, 0.3) is 11.7 Å². The molecule has 1 atom stereocenters. The Hall–Kier alpha value is -4.13. The number of aliphatic hydroxyl groups is 1. The fourth-order valence-electron chi connectivity index (χ4n) is 3.97. The van der Waals surface area contributed by atoms with Crippen LogP contribution in [0.1, 0.15) is 29.7 Å². The van der Waals surface area contributed by atoms with Crippen LogP contribution in [-0.4, -0.2) is 29.0 Å². The Bertz CT molecular complexity index is 1250. The van der Waals surface area contributed by atoms with Gasteiger partial charge in [-0.25, -0.2) is 4.39 Å². The highest BCUT2D eigenvalue weighted by molar-refractivity contribution is 6.51. The van der Waals surface area contributed by atoms with Gasteiger partial charge in [-0.15, -0.1) is 0 Å². The number of aliphatic hydroxyl groups excluding tert-OH is 1. The number of hydrogen-bond acceptors (Lipinski definition) is 5. The van der Waals surface area contributed by atoms with Gasteiger partial charge < -0.3 is 14.9 Å². The summed E-state index contributed by atoms with van der Waals surface area (Å²) in [4.78, 5) is 27.6. The summed E-state index contributed by atoms with van der Waals surface area (Å²) in [5.41, 5.74) is 1.77. The van der Waals surface area contributed by atoms with E-state index in [9.17, 15) is 24.2 Å². The van der Waals surface area contributed by atoms with E-state index >= 15 is 0 Å². The van der Waals surface area contributed by atoms with E-state index in [0.717, 1.165) is 18.1 Å². The van der Waals surface area contributed by atoms with Gasteiger partial charge in [-0.3, -0.25) is 14.5 Å². The van der Waals surface area contributed by atoms with Crippen LogP contribution in [0.25, 0.3) is 5.76 Å². The van der Waals surface area contributed by atoms with E-state index in [0.29, 0.717) is 11.3 Å². The third-order valence-corrected chi connectivity index (χ3v) is 5.69. The minimum atomic E-state index is -0.994. The number of carbonyl (C=O) groups is 2. The number of phenolic OH excluding ortho intramolecular Hbond substituents is 1. The summed E-state index contributed by atoms with van der Waals surface area (Å²) in [5.74, 6) is -2.75. The Balaban J connectivity index is 1.96. The first-order chi connectivity index (χ1) is 15.8. The van der Waals surface area contributed by atoms with Gasteiger partial charge >= 0.3 is 0 Å². The predicted molar refractivity (Wildman–Crippen MR) is 122 cm³/mol. The number of halogens is 1. The number of aromatic hydroxyl groups is 1. The van der Waals surface area contributed by atoms with Crippen molar-refractivity contribution in [3.05, 3.63) is 94.8 Å². The van der Waals surface area contributed by atoms with Gasteiger partial charge in [0, 0.05) is 5.69 Å². The Kier molecular flexibility index (Phi) is 5.87. The van der Waals surface area contributed by atoms with Crippen LogP contribution in [0.3, 0.4) is 0 Å². The topological polar surface area (TPSA) is 87.1 Å². The monoisotopic (exact) mass is 447 g/mol. The normalized spacial score (nSPS) is 17.4. The van der Waals surface area contributed by atoms with E-state index in [-0.39, 0.29) is 22.6 Å². The van der Waals surface area contributed by atoms with Crippen LogP contribution in [0.4, 0.5) is 10.1 Å². The molecule has 3 aromatic carbocycles. The predicted octanol–water partition coefficient (Wildman–Crippen LogP) is 4.73. The van der Waals surface area contributed by atoms with Gasteiger partial charge in [-0.05, 0) is 60.0 Å². The SMILES string of the molecule is CCc1ccc(N2C(=O)C(=O)/C(=C(/O)c3cc(F)ccc3OC)C2c2ccc(O)cc2)cc1. The number of amides is 1. The van der Waals surface area contributed by atoms with E-state index in [4.69, 9.17) is 4.74 Å². The van der Waals surface area contributed by atoms with E-state index in [1.165, 1.54) is 36.3 Å². The molecule has 4 rings (SSSR count). The second-order valence-corrected chi connectivity index (χ2v) is 7.63. The molecule has 2 N–H and O–H groups in total. The van der Waals surface area contributed by atoms with Crippen molar-refractivity contribution in [2.24, 2.45) is 0 Å². The highest BCUT2D eigenvalue weighted by Gasteiger charge is 2.47. The number of Topliss-reactive ketones (excluding diaryl/α,β-unsaturated/α-hetero) is 1. The zero-order valence-electron chi connectivity index (χ0n) is 18.1. The standard InChI is InChI=1S/C26H22FNO5/c1-3-15-4-9-18(10-5-15)28-23(16-6-11-19(29)12-7-16)22(25(31)26(28)32)24(30)20-14-17(27)8-13-21(20)33-2/h4-14,23,29-30H,3H2,1-2H3/b24-22+. The number of nitrogens with zero attached hydrogens (tertiary/aromatic N) is 1. The zero-order valence-corrected chi connectivity index (χ0v) is 18.1. The molecule has 1 unspecified atom stereocenters. The van der Waals surface area contributed by atoms with Crippen molar-refractivity contribution in [3.63, 3.8) is 0 Å². The van der Waals surface area contributed by atoms with Crippen LogP contribution < -0.4 is 9.64 Å². The van der Waals surface area contributed by atoms with Crippen LogP contribution in [-0.2, 0) is 16.0 Å². The van der Waals surface area contributed by atoms with Gasteiger partial charge in [-0.2, -0.15) is 0 Å². The first-order valence-electron chi connectivity index (χ1n) is 10.4. The largest absolute Gasteiger partial charge is 0.508 e. The van der Waals surface area contributed by atoms with Crippen LogP contribution in [0, 0.1) is 5.82 Å². The lowest BCUT2D eigenvalue weighted by Gasteiger charge is -2.25. The molecule has 33 heavy (non-hydrogen) atoms. The number of rotatable bonds is 5. The summed E-state index contributed by atoms with van der Waals surface area (Å²) in [6, 6.07) is 15.7. The van der Waals surface area contributed by atoms with Crippen LogP contribution in [0.15, 0.2) is 72.3 Å². The number of methoxy groups -OCH3 is 1. The number of ether oxygens (including phenoxy) is 1. The van der Waals surface area contributed by atoms with Crippen molar-refractivity contribution in [1.82, 2.24) is 0 Å². The van der Waals surface area contributed by atoms with E-state index in [2.05, 4.69) is 0 Å². The number of ketones is 1. The zero-order chi connectivity index (χ0) is 23.7. The van der Waals surface area contributed by atoms with E-state index in [1.54, 1.807) is 24.3 Å². The molecule has 168 valence electrons. The molecule has 0 spiro atoms. The summed E-state index contributed by atoms with van der Waals surface area (Å²) in [7, 11) is 1.36. The first-order valence-corrected chi connectivity index (χ1v) is 10.4. The van der Waals surface area contributed by atoms with Crippen molar-refractivity contribution in [3.8, 4) is 11.5 Å². The van der Waals surface area contributed by atoms with Crippen molar-refractivity contribution in [1.29, 1.82) is 0 Å². The summed E-state index contributed by atoms with van der Waals surface area (Å²) >= 11 is 0. The average Bonchev–Trinajstić information content (AvgIpc) is 3.09. The fourth-order valence-corrected chi connectivity index (χ4v) is 3.97.